The number of rotatable bonds is 7. The van der Waals surface area contributed by atoms with E-state index in [0.717, 1.165) is 37.3 Å². The highest BCUT2D eigenvalue weighted by Gasteiger charge is 2.27. The van der Waals surface area contributed by atoms with E-state index in [-0.39, 0.29) is 0 Å². The fourth-order valence-corrected chi connectivity index (χ4v) is 2.18. The second kappa shape index (κ2) is 5.63. The van der Waals surface area contributed by atoms with Crippen LogP contribution >= 0.6 is 11.6 Å². The van der Waals surface area contributed by atoms with Gasteiger partial charge in [0.15, 0.2) is 0 Å². The summed E-state index contributed by atoms with van der Waals surface area (Å²) < 4.78 is 5.65. The monoisotopic (exact) mass is 281 g/mol. The Kier molecular flexibility index (Phi) is 3.89. The lowest BCUT2D eigenvalue weighted by Crippen LogP contribution is -2.24. The second-order valence-electron chi connectivity index (χ2n) is 5.62. The summed E-state index contributed by atoms with van der Waals surface area (Å²) in [6.45, 7) is 2.49. The van der Waals surface area contributed by atoms with Crippen molar-refractivity contribution in [1.29, 1.82) is 0 Å². The minimum Gasteiger partial charge on any atom is -0.379 e. The Morgan fingerprint density at radius 1 is 1.32 bits per heavy atom. The van der Waals surface area contributed by atoms with Crippen molar-refractivity contribution in [3.05, 3.63) is 17.0 Å². The molecule has 2 aliphatic carbocycles. The average Bonchev–Trinajstić information content (AvgIpc) is 3.27. The molecule has 0 unspecified atom stereocenters. The minimum atomic E-state index is 0.525. The van der Waals surface area contributed by atoms with Gasteiger partial charge in [-0.3, -0.25) is 0 Å². The van der Waals surface area contributed by atoms with Crippen LogP contribution in [0.2, 0.25) is 5.15 Å². The zero-order valence-electron chi connectivity index (χ0n) is 11.3. The highest BCUT2D eigenvalue weighted by molar-refractivity contribution is 6.29. The van der Waals surface area contributed by atoms with Crippen molar-refractivity contribution in [1.82, 2.24) is 9.97 Å². The van der Waals surface area contributed by atoms with E-state index in [4.69, 9.17) is 16.3 Å². The molecule has 0 aromatic carbocycles. The van der Waals surface area contributed by atoms with E-state index in [1.54, 1.807) is 0 Å². The summed E-state index contributed by atoms with van der Waals surface area (Å²) in [4.78, 5) is 11.0. The van der Waals surface area contributed by atoms with Gasteiger partial charge in [0.25, 0.3) is 0 Å². The first-order chi connectivity index (χ1) is 9.22. The highest BCUT2D eigenvalue weighted by atomic mass is 35.5. The third-order valence-corrected chi connectivity index (χ3v) is 3.85. The smallest absolute Gasteiger partial charge is 0.135 e. The minimum absolute atomic E-state index is 0.525. The predicted octanol–water partition coefficient (Wildman–Crippen LogP) is 2.87. The molecular weight excluding hydrogens is 262 g/mol. The van der Waals surface area contributed by atoms with Crippen molar-refractivity contribution in [3.63, 3.8) is 0 Å². The summed E-state index contributed by atoms with van der Waals surface area (Å²) in [5.74, 6) is 3.14. The topological polar surface area (TPSA) is 38.2 Å². The first-order valence-corrected chi connectivity index (χ1v) is 7.43. The maximum atomic E-state index is 6.07. The molecule has 1 aromatic heterocycles. The second-order valence-corrected chi connectivity index (χ2v) is 6.01. The Bertz CT molecular complexity index is 446. The van der Waals surface area contributed by atoms with Gasteiger partial charge >= 0.3 is 0 Å². The Labute approximate surface area is 119 Å². The molecule has 0 radical (unpaired) electrons. The van der Waals surface area contributed by atoms with Crippen molar-refractivity contribution < 1.29 is 4.74 Å². The summed E-state index contributed by atoms with van der Waals surface area (Å²) >= 11 is 6.07. The Morgan fingerprint density at radius 2 is 2.11 bits per heavy atom. The fourth-order valence-electron chi connectivity index (χ4n) is 1.99. The average molecular weight is 282 g/mol. The van der Waals surface area contributed by atoms with Gasteiger partial charge in [0, 0.05) is 32.2 Å². The third-order valence-electron chi connectivity index (χ3n) is 3.65. The maximum Gasteiger partial charge on any atom is 0.135 e. The first kappa shape index (κ1) is 13.1. The van der Waals surface area contributed by atoms with E-state index >= 15 is 0 Å². The summed E-state index contributed by atoms with van der Waals surface area (Å²) in [5, 5.41) is 0.539. The largest absolute Gasteiger partial charge is 0.379 e. The highest BCUT2D eigenvalue weighted by Crippen LogP contribution is 2.39. The number of likely N-dealkylation sites (N-methyl/N-ethyl adjacent to an activating group) is 1. The molecule has 2 fully saturated rings. The van der Waals surface area contributed by atoms with Crippen LogP contribution in [-0.4, -0.2) is 36.8 Å². The molecule has 2 saturated carbocycles. The summed E-state index contributed by atoms with van der Waals surface area (Å²) in [7, 11) is 2.02. The molecule has 0 saturated heterocycles. The summed E-state index contributed by atoms with van der Waals surface area (Å²) in [6.07, 6.45) is 5.05. The van der Waals surface area contributed by atoms with E-state index in [2.05, 4.69) is 14.9 Å². The summed E-state index contributed by atoms with van der Waals surface area (Å²) in [5.41, 5.74) is 0. The lowest BCUT2D eigenvalue weighted by Gasteiger charge is -2.18. The number of aromatic nitrogens is 2. The maximum absolute atomic E-state index is 6.07. The van der Waals surface area contributed by atoms with Crippen LogP contribution in [-0.2, 0) is 4.74 Å². The van der Waals surface area contributed by atoms with E-state index in [1.165, 1.54) is 25.7 Å². The van der Waals surface area contributed by atoms with Crippen LogP contribution in [0.25, 0.3) is 0 Å². The van der Waals surface area contributed by atoms with Gasteiger partial charge in [-0.2, -0.15) is 0 Å². The molecule has 2 aliphatic rings. The van der Waals surface area contributed by atoms with E-state index < -0.39 is 0 Å². The van der Waals surface area contributed by atoms with Crippen LogP contribution in [0.3, 0.4) is 0 Å². The van der Waals surface area contributed by atoms with Crippen LogP contribution in [0.4, 0.5) is 5.82 Å². The van der Waals surface area contributed by atoms with E-state index in [0.29, 0.717) is 11.1 Å². The first-order valence-electron chi connectivity index (χ1n) is 7.06. The van der Waals surface area contributed by atoms with Gasteiger partial charge < -0.3 is 9.64 Å². The molecule has 0 amide bonds. The molecule has 1 aromatic rings. The normalized spacial score (nSPS) is 18.6. The molecule has 0 N–H and O–H groups in total. The molecule has 1 heterocycles. The van der Waals surface area contributed by atoms with Crippen LogP contribution < -0.4 is 4.90 Å². The number of nitrogens with zero attached hydrogens (tertiary/aromatic N) is 3. The fraction of sp³-hybridized carbons (Fsp3) is 0.714. The molecule has 4 nitrogen and oxygen atoms in total. The van der Waals surface area contributed by atoms with Gasteiger partial charge in [-0.1, -0.05) is 11.6 Å². The van der Waals surface area contributed by atoms with Crippen LogP contribution in [0, 0.1) is 5.92 Å². The molecule has 5 heteroatoms. The Hall–Kier alpha value is -0.870. The molecule has 0 spiro atoms. The van der Waals surface area contributed by atoms with E-state index in [1.807, 2.05) is 13.1 Å². The number of halogens is 1. The van der Waals surface area contributed by atoms with E-state index in [9.17, 15) is 0 Å². The lowest BCUT2D eigenvalue weighted by molar-refractivity contribution is 0.131. The molecule has 19 heavy (non-hydrogen) atoms. The lowest BCUT2D eigenvalue weighted by atomic mass is 10.4. The zero-order chi connectivity index (χ0) is 13.2. The third kappa shape index (κ3) is 3.80. The standard InChI is InChI=1S/C14H20ClN3O/c1-18(6-7-19-9-10-2-3-10)13-8-12(15)16-14(17-13)11-4-5-11/h8,10-11H,2-7,9H2,1H3. The van der Waals surface area contributed by atoms with Crippen molar-refractivity contribution in [2.45, 2.75) is 31.6 Å². The predicted molar refractivity (Wildman–Crippen MR) is 75.8 cm³/mol. The number of ether oxygens (including phenoxy) is 1. The number of hydrogen-bond donors (Lipinski definition) is 0. The number of anilines is 1. The molecular formula is C14H20ClN3O. The van der Waals surface area contributed by atoms with Gasteiger partial charge in [-0.15, -0.1) is 0 Å². The molecule has 0 bridgehead atoms. The van der Waals surface area contributed by atoms with Gasteiger partial charge in [0.1, 0.15) is 16.8 Å². The van der Waals surface area contributed by atoms with Crippen molar-refractivity contribution in [3.8, 4) is 0 Å². The van der Waals surface area contributed by atoms with Crippen LogP contribution in [0.15, 0.2) is 6.07 Å². The molecule has 0 aliphatic heterocycles. The molecule has 0 atom stereocenters. The summed E-state index contributed by atoms with van der Waals surface area (Å²) in [6, 6.07) is 1.83. The van der Waals surface area contributed by atoms with Crippen molar-refractivity contribution >= 4 is 17.4 Å². The zero-order valence-corrected chi connectivity index (χ0v) is 12.1. The van der Waals surface area contributed by atoms with Crippen molar-refractivity contribution in [2.75, 3.05) is 31.7 Å². The van der Waals surface area contributed by atoms with Gasteiger partial charge in [0.2, 0.25) is 0 Å². The Balaban J connectivity index is 1.53. The molecule has 3 rings (SSSR count). The van der Waals surface area contributed by atoms with Crippen LogP contribution in [0.1, 0.15) is 37.4 Å². The number of hydrogen-bond acceptors (Lipinski definition) is 4. The van der Waals surface area contributed by atoms with Crippen LogP contribution in [0.5, 0.6) is 0 Å². The van der Waals surface area contributed by atoms with Gasteiger partial charge in [0.05, 0.1) is 6.61 Å². The quantitative estimate of drug-likeness (QED) is 0.569. The van der Waals surface area contributed by atoms with Gasteiger partial charge in [-0.05, 0) is 31.6 Å². The molecule has 104 valence electrons. The SMILES string of the molecule is CN(CCOCC1CC1)c1cc(Cl)nc(C2CC2)n1. The van der Waals surface area contributed by atoms with Crippen molar-refractivity contribution in [2.24, 2.45) is 5.92 Å². The Morgan fingerprint density at radius 3 is 2.79 bits per heavy atom. The van der Waals surface area contributed by atoms with Gasteiger partial charge in [-0.25, -0.2) is 9.97 Å².